The monoisotopic (exact) mass is 399 g/mol. The van der Waals surface area contributed by atoms with Crippen LogP contribution >= 0.6 is 15.9 Å². The average Bonchev–Trinajstić information content (AvgIpc) is 3.24. The number of aromatic hydroxyl groups is 2. The second-order valence-corrected chi connectivity index (χ2v) is 7.32. The van der Waals surface area contributed by atoms with E-state index in [1.54, 1.807) is 4.57 Å². The second-order valence-electron chi connectivity index (χ2n) is 6.52. The maximum absolute atomic E-state index is 10.7. The highest BCUT2D eigenvalue weighted by molar-refractivity contribution is 9.09. The van der Waals surface area contributed by atoms with Gasteiger partial charge in [0.2, 0.25) is 11.8 Å². The maximum atomic E-state index is 10.7. The van der Waals surface area contributed by atoms with Crippen molar-refractivity contribution < 1.29 is 24.4 Å². The van der Waals surface area contributed by atoms with Crippen LogP contribution < -0.4 is 0 Å². The van der Waals surface area contributed by atoms with Crippen molar-refractivity contribution in [1.29, 1.82) is 0 Å². The molecule has 1 saturated heterocycles. The van der Waals surface area contributed by atoms with E-state index in [0.717, 1.165) is 37.6 Å². The molecule has 132 valence electrons. The molecule has 7 heteroatoms. The molecule has 1 aromatic heterocycles. The largest absolute Gasteiger partial charge is 0.494 e. The van der Waals surface area contributed by atoms with Gasteiger partial charge in [-0.1, -0.05) is 22.0 Å². The summed E-state index contributed by atoms with van der Waals surface area (Å²) < 4.78 is 19.1. The third-order valence-corrected chi connectivity index (χ3v) is 5.53. The Morgan fingerprint density at radius 2 is 2.21 bits per heavy atom. The summed E-state index contributed by atoms with van der Waals surface area (Å²) in [6, 6.07) is 0. The van der Waals surface area contributed by atoms with Gasteiger partial charge in [-0.15, -0.1) is 0 Å². The number of hydrogen-bond acceptors (Lipinski definition) is 5. The van der Waals surface area contributed by atoms with Crippen molar-refractivity contribution >= 4 is 15.9 Å². The highest BCUT2D eigenvalue weighted by Crippen LogP contribution is 2.58. The summed E-state index contributed by atoms with van der Waals surface area (Å²) in [6.45, 7) is 1.54. The van der Waals surface area contributed by atoms with Crippen molar-refractivity contribution in [3.63, 3.8) is 0 Å². The lowest BCUT2D eigenvalue weighted by Crippen LogP contribution is -2.32. The smallest absolute Gasteiger partial charge is 0.201 e. The lowest BCUT2D eigenvalue weighted by Gasteiger charge is -2.29. The summed E-state index contributed by atoms with van der Waals surface area (Å²) >= 11 is 3.38. The summed E-state index contributed by atoms with van der Waals surface area (Å²) in [7, 11) is 0. The minimum Gasteiger partial charge on any atom is -0.494 e. The number of rotatable bonds is 6. The van der Waals surface area contributed by atoms with Crippen molar-refractivity contribution in [1.82, 2.24) is 4.57 Å². The molecule has 6 nitrogen and oxygen atoms in total. The molecule has 0 saturated carbocycles. The van der Waals surface area contributed by atoms with E-state index >= 15 is 0 Å². The molecule has 0 aliphatic carbocycles. The number of halogens is 1. The van der Waals surface area contributed by atoms with Gasteiger partial charge in [-0.3, -0.25) is 4.57 Å². The lowest BCUT2D eigenvalue weighted by molar-refractivity contribution is -0.191. The number of ether oxygens (including phenoxy) is 3. The Hall–Kier alpha value is -1.02. The maximum Gasteiger partial charge on any atom is 0.201 e. The van der Waals surface area contributed by atoms with Crippen LogP contribution in [0.5, 0.6) is 11.8 Å². The molecule has 0 aromatic carbocycles. The summed E-state index contributed by atoms with van der Waals surface area (Å²) in [5.41, 5.74) is 0.470. The zero-order chi connectivity index (χ0) is 16.7. The van der Waals surface area contributed by atoms with Crippen LogP contribution in [-0.2, 0) is 26.4 Å². The molecule has 4 heterocycles. The molecule has 2 bridgehead atoms. The Morgan fingerprint density at radius 3 is 2.96 bits per heavy atom. The van der Waals surface area contributed by atoms with Gasteiger partial charge >= 0.3 is 0 Å². The quantitative estimate of drug-likeness (QED) is 0.567. The van der Waals surface area contributed by atoms with Gasteiger partial charge in [0, 0.05) is 18.5 Å². The van der Waals surface area contributed by atoms with Gasteiger partial charge in [0.15, 0.2) is 6.29 Å². The Kier molecular flexibility index (Phi) is 4.36. The molecule has 3 atom stereocenters. The van der Waals surface area contributed by atoms with Crippen LogP contribution in [0.1, 0.15) is 42.9 Å². The Morgan fingerprint density at radius 1 is 1.33 bits per heavy atom. The van der Waals surface area contributed by atoms with Crippen LogP contribution in [0.2, 0.25) is 0 Å². The molecule has 0 amide bonds. The lowest BCUT2D eigenvalue weighted by atomic mass is 9.90. The summed E-state index contributed by atoms with van der Waals surface area (Å²) in [5, 5.41) is 22.0. The molecular weight excluding hydrogens is 378 g/mol. The van der Waals surface area contributed by atoms with Crippen LogP contribution in [-0.4, -0.2) is 39.6 Å². The van der Waals surface area contributed by atoms with Gasteiger partial charge in [-0.25, -0.2) is 0 Å². The van der Waals surface area contributed by atoms with E-state index in [2.05, 4.69) is 15.9 Å². The van der Waals surface area contributed by atoms with Crippen molar-refractivity contribution in [2.24, 2.45) is 0 Å². The summed E-state index contributed by atoms with van der Waals surface area (Å²) in [5.74, 6) is 0.164. The first kappa shape index (κ1) is 16.4. The van der Waals surface area contributed by atoms with Crippen LogP contribution in [0.25, 0.3) is 0 Å². The molecular formula is C17H22BrNO5. The SMILES string of the molecule is Oc1c2c(c(O)n1CCCBr)C1(COC3CCCCO3)C=CC2O1. The van der Waals surface area contributed by atoms with Crippen molar-refractivity contribution in [3.8, 4) is 11.8 Å². The minimum atomic E-state index is -0.831. The zero-order valence-electron chi connectivity index (χ0n) is 13.4. The van der Waals surface area contributed by atoms with E-state index in [4.69, 9.17) is 14.2 Å². The first-order valence-corrected chi connectivity index (χ1v) is 9.59. The van der Waals surface area contributed by atoms with Gasteiger partial charge in [0.1, 0.15) is 11.7 Å². The summed E-state index contributed by atoms with van der Waals surface area (Å²) in [6.07, 6.45) is 7.15. The molecule has 0 radical (unpaired) electrons. The fourth-order valence-electron chi connectivity index (χ4n) is 3.79. The molecule has 0 spiro atoms. The van der Waals surface area contributed by atoms with E-state index in [1.807, 2.05) is 12.2 Å². The zero-order valence-corrected chi connectivity index (χ0v) is 15.0. The predicted molar refractivity (Wildman–Crippen MR) is 90.4 cm³/mol. The molecule has 4 rings (SSSR count). The Balaban J connectivity index is 1.59. The van der Waals surface area contributed by atoms with Crippen LogP contribution in [0.15, 0.2) is 12.2 Å². The van der Waals surface area contributed by atoms with Crippen molar-refractivity contribution in [3.05, 3.63) is 23.3 Å². The highest BCUT2D eigenvalue weighted by Gasteiger charge is 2.53. The van der Waals surface area contributed by atoms with Crippen molar-refractivity contribution in [2.75, 3.05) is 18.5 Å². The van der Waals surface area contributed by atoms with Gasteiger partial charge in [-0.05, 0) is 31.8 Å². The van der Waals surface area contributed by atoms with E-state index in [0.29, 0.717) is 17.7 Å². The molecule has 3 aliphatic heterocycles. The molecule has 1 fully saturated rings. The fraction of sp³-hybridized carbons (Fsp3) is 0.647. The van der Waals surface area contributed by atoms with Gasteiger partial charge in [0.05, 0.1) is 17.7 Å². The average molecular weight is 400 g/mol. The second kappa shape index (κ2) is 6.37. The highest BCUT2D eigenvalue weighted by atomic mass is 79.9. The first-order valence-electron chi connectivity index (χ1n) is 8.47. The Labute approximate surface area is 149 Å². The van der Waals surface area contributed by atoms with Crippen LogP contribution in [0, 0.1) is 0 Å². The third kappa shape index (κ3) is 2.49. The van der Waals surface area contributed by atoms with E-state index in [9.17, 15) is 10.2 Å². The van der Waals surface area contributed by atoms with Crippen LogP contribution in [0.4, 0.5) is 0 Å². The summed E-state index contributed by atoms with van der Waals surface area (Å²) in [4.78, 5) is 0. The molecule has 3 unspecified atom stereocenters. The standard InChI is InChI=1S/C17H22BrNO5/c18-7-3-8-19-15(20)13-11-5-6-17(24-11,14(13)16(19)21)10-23-12-4-1-2-9-22-12/h5-6,11-12,20-21H,1-4,7-10H2. The number of fused-ring (bicyclic) bond motifs is 5. The molecule has 24 heavy (non-hydrogen) atoms. The normalized spacial score (nSPS) is 30.9. The Bertz CT molecular complexity index is 652. The van der Waals surface area contributed by atoms with Crippen molar-refractivity contribution in [2.45, 2.75) is 50.2 Å². The third-order valence-electron chi connectivity index (χ3n) is 4.97. The molecule has 1 aromatic rings. The predicted octanol–water partition coefficient (Wildman–Crippen LogP) is 3.06. The van der Waals surface area contributed by atoms with E-state index in [1.165, 1.54) is 0 Å². The number of hydrogen-bond donors (Lipinski definition) is 2. The fourth-order valence-corrected chi connectivity index (χ4v) is 4.04. The van der Waals surface area contributed by atoms with Gasteiger partial charge < -0.3 is 24.4 Å². The van der Waals surface area contributed by atoms with E-state index in [-0.39, 0.29) is 30.8 Å². The van der Waals surface area contributed by atoms with Gasteiger partial charge in [-0.2, -0.15) is 0 Å². The van der Waals surface area contributed by atoms with Crippen LogP contribution in [0.3, 0.4) is 0 Å². The molecule has 3 aliphatic rings. The topological polar surface area (TPSA) is 73.1 Å². The first-order chi connectivity index (χ1) is 11.7. The number of nitrogens with zero attached hydrogens (tertiary/aromatic N) is 1. The minimum absolute atomic E-state index is 0.0727. The molecule has 2 N–H and O–H groups in total. The van der Waals surface area contributed by atoms with E-state index < -0.39 is 5.60 Å². The van der Waals surface area contributed by atoms with Gasteiger partial charge in [0.25, 0.3) is 0 Å². The number of aromatic nitrogens is 1. The number of alkyl halides is 1.